The van der Waals surface area contributed by atoms with Crippen molar-refractivity contribution in [3.8, 4) is 0 Å². The first-order valence-corrected chi connectivity index (χ1v) is 7.04. The molecule has 0 heterocycles. The van der Waals surface area contributed by atoms with Crippen LogP contribution in [0, 0.1) is 0 Å². The van der Waals surface area contributed by atoms with E-state index in [0.717, 1.165) is 19.4 Å². The van der Waals surface area contributed by atoms with Gasteiger partial charge in [0.15, 0.2) is 0 Å². The third-order valence-corrected chi connectivity index (χ3v) is 3.91. The first kappa shape index (κ1) is 14.8. The Balaban J connectivity index is 2.78. The normalized spacial score (nSPS) is 14.6. The van der Waals surface area contributed by atoms with E-state index < -0.39 is 0 Å². The molecule has 0 amide bonds. The van der Waals surface area contributed by atoms with Gasteiger partial charge in [-0.15, -0.1) is 0 Å². The molecule has 1 N–H and O–H groups in total. The van der Waals surface area contributed by atoms with Gasteiger partial charge in [0.1, 0.15) is 0 Å². The second-order valence-corrected chi connectivity index (χ2v) is 5.25. The summed E-state index contributed by atoms with van der Waals surface area (Å²) in [6.07, 6.45) is 2.27. The van der Waals surface area contributed by atoms with Crippen LogP contribution in [0.3, 0.4) is 0 Å². The molecule has 3 heteroatoms. The molecule has 0 spiro atoms. The smallest absolute Gasteiger partial charge is 0.0595 e. The lowest BCUT2D eigenvalue weighted by atomic mass is 9.91. The minimum Gasteiger partial charge on any atom is -0.313 e. The fourth-order valence-corrected chi connectivity index (χ4v) is 2.34. The van der Waals surface area contributed by atoms with Gasteiger partial charge in [-0.2, -0.15) is 0 Å². The van der Waals surface area contributed by atoms with Gasteiger partial charge in [0.2, 0.25) is 0 Å². The third-order valence-electron chi connectivity index (χ3n) is 3.17. The zero-order valence-corrected chi connectivity index (χ0v) is 12.3. The van der Waals surface area contributed by atoms with E-state index in [2.05, 4.69) is 32.2 Å². The Labute approximate surface area is 115 Å². The van der Waals surface area contributed by atoms with E-state index in [1.165, 1.54) is 5.56 Å². The number of rotatable bonds is 6. The Bertz CT molecular complexity index is 352. The van der Waals surface area contributed by atoms with Crippen LogP contribution >= 0.6 is 23.2 Å². The van der Waals surface area contributed by atoms with Crippen LogP contribution in [0.15, 0.2) is 18.2 Å². The summed E-state index contributed by atoms with van der Waals surface area (Å²) in [4.78, 5) is 0. The summed E-state index contributed by atoms with van der Waals surface area (Å²) in [6, 6.07) is 6.41. The molecule has 0 fully saturated rings. The fraction of sp³-hybridized carbons (Fsp3) is 0.571. The maximum absolute atomic E-state index is 6.06. The Morgan fingerprint density at radius 3 is 2.41 bits per heavy atom. The Morgan fingerprint density at radius 1 is 1.18 bits per heavy atom. The molecule has 96 valence electrons. The quantitative estimate of drug-likeness (QED) is 0.780. The van der Waals surface area contributed by atoms with Crippen molar-refractivity contribution in [2.45, 2.75) is 45.6 Å². The molecule has 1 aromatic rings. The van der Waals surface area contributed by atoms with E-state index in [9.17, 15) is 0 Å². The first-order valence-electron chi connectivity index (χ1n) is 6.28. The average molecular weight is 274 g/mol. The van der Waals surface area contributed by atoms with Crippen LogP contribution in [0.1, 0.15) is 45.1 Å². The van der Waals surface area contributed by atoms with Crippen molar-refractivity contribution < 1.29 is 0 Å². The maximum Gasteiger partial charge on any atom is 0.0595 e. The van der Waals surface area contributed by atoms with Gasteiger partial charge >= 0.3 is 0 Å². The highest BCUT2D eigenvalue weighted by Crippen LogP contribution is 2.28. The summed E-state index contributed by atoms with van der Waals surface area (Å²) in [5.41, 5.74) is 1.25. The lowest BCUT2D eigenvalue weighted by Crippen LogP contribution is -2.33. The van der Waals surface area contributed by atoms with Crippen LogP contribution in [-0.4, -0.2) is 12.6 Å². The molecular weight excluding hydrogens is 253 g/mol. The fourth-order valence-electron chi connectivity index (χ4n) is 2.03. The zero-order valence-electron chi connectivity index (χ0n) is 10.8. The largest absolute Gasteiger partial charge is 0.313 e. The van der Waals surface area contributed by atoms with Crippen molar-refractivity contribution in [1.29, 1.82) is 0 Å². The molecule has 17 heavy (non-hydrogen) atoms. The van der Waals surface area contributed by atoms with Crippen molar-refractivity contribution in [3.05, 3.63) is 33.8 Å². The number of nitrogens with one attached hydrogen (secondary N) is 1. The van der Waals surface area contributed by atoms with Gasteiger partial charge in [-0.3, -0.25) is 0 Å². The predicted octanol–water partition coefficient (Wildman–Crippen LogP) is 4.88. The van der Waals surface area contributed by atoms with Crippen LogP contribution in [-0.2, 0) is 0 Å². The monoisotopic (exact) mass is 273 g/mol. The van der Waals surface area contributed by atoms with Crippen LogP contribution in [0.5, 0.6) is 0 Å². The molecule has 0 bridgehead atoms. The van der Waals surface area contributed by atoms with Gasteiger partial charge < -0.3 is 5.32 Å². The molecule has 0 aromatic heterocycles. The Morgan fingerprint density at radius 2 is 1.88 bits per heavy atom. The lowest BCUT2D eigenvalue weighted by molar-refractivity contribution is 0.438. The first-order chi connectivity index (χ1) is 8.10. The molecule has 0 aliphatic heterocycles. The number of halogens is 2. The van der Waals surface area contributed by atoms with Crippen molar-refractivity contribution in [3.63, 3.8) is 0 Å². The molecule has 1 rings (SSSR count). The summed E-state index contributed by atoms with van der Waals surface area (Å²) in [7, 11) is 0. The number of hydrogen-bond donors (Lipinski definition) is 1. The molecule has 0 radical (unpaired) electrons. The standard InChI is InChI=1S/C14H21Cl2N/c1-4-8-17-14(5-2)10(3)11-6-7-12(15)13(16)9-11/h6-7,9-10,14,17H,4-5,8H2,1-3H3. The van der Waals surface area contributed by atoms with E-state index in [1.807, 2.05) is 12.1 Å². The highest BCUT2D eigenvalue weighted by molar-refractivity contribution is 6.42. The highest BCUT2D eigenvalue weighted by Gasteiger charge is 2.17. The molecular formula is C14H21Cl2N. The lowest BCUT2D eigenvalue weighted by Gasteiger charge is -2.24. The molecule has 2 unspecified atom stereocenters. The third kappa shape index (κ3) is 4.17. The van der Waals surface area contributed by atoms with E-state index >= 15 is 0 Å². The summed E-state index contributed by atoms with van der Waals surface area (Å²) in [5, 5.41) is 4.84. The Hall–Kier alpha value is -0.240. The average Bonchev–Trinajstić information content (AvgIpc) is 2.33. The summed E-state index contributed by atoms with van der Waals surface area (Å²) in [6.45, 7) is 7.69. The molecule has 1 aromatic carbocycles. The van der Waals surface area contributed by atoms with Crippen molar-refractivity contribution in [1.82, 2.24) is 5.32 Å². The predicted molar refractivity (Wildman–Crippen MR) is 77.2 cm³/mol. The summed E-state index contributed by atoms with van der Waals surface area (Å²) >= 11 is 12.0. The Kier molecular flexibility index (Phi) is 6.32. The van der Waals surface area contributed by atoms with Gasteiger partial charge in [-0.25, -0.2) is 0 Å². The summed E-state index contributed by atoms with van der Waals surface area (Å²) < 4.78 is 0. The second-order valence-electron chi connectivity index (χ2n) is 4.43. The van der Waals surface area contributed by atoms with Crippen LogP contribution in [0.2, 0.25) is 10.0 Å². The molecule has 0 aliphatic rings. The molecule has 0 saturated heterocycles. The zero-order chi connectivity index (χ0) is 12.8. The van der Waals surface area contributed by atoms with Gasteiger partial charge in [0.25, 0.3) is 0 Å². The van der Waals surface area contributed by atoms with Gasteiger partial charge in [0, 0.05) is 6.04 Å². The van der Waals surface area contributed by atoms with Crippen LogP contribution in [0.25, 0.3) is 0 Å². The minimum absolute atomic E-state index is 0.446. The summed E-state index contributed by atoms with van der Waals surface area (Å²) in [5.74, 6) is 0.446. The molecule has 0 saturated carbocycles. The second kappa shape index (κ2) is 7.25. The van der Waals surface area contributed by atoms with Gasteiger partial charge in [-0.1, -0.05) is 50.0 Å². The molecule has 2 atom stereocenters. The maximum atomic E-state index is 6.06. The molecule has 1 nitrogen and oxygen atoms in total. The van der Waals surface area contributed by atoms with Gasteiger partial charge in [-0.05, 0) is 43.0 Å². The highest BCUT2D eigenvalue weighted by atomic mass is 35.5. The number of benzene rings is 1. The topological polar surface area (TPSA) is 12.0 Å². The molecule has 0 aliphatic carbocycles. The van der Waals surface area contributed by atoms with E-state index in [1.54, 1.807) is 0 Å². The van der Waals surface area contributed by atoms with E-state index in [4.69, 9.17) is 23.2 Å². The SMILES string of the molecule is CCCNC(CC)C(C)c1ccc(Cl)c(Cl)c1. The van der Waals surface area contributed by atoms with Crippen molar-refractivity contribution in [2.75, 3.05) is 6.54 Å². The minimum atomic E-state index is 0.446. The van der Waals surface area contributed by atoms with E-state index in [0.29, 0.717) is 22.0 Å². The van der Waals surface area contributed by atoms with Crippen LogP contribution < -0.4 is 5.32 Å². The van der Waals surface area contributed by atoms with Crippen molar-refractivity contribution >= 4 is 23.2 Å². The van der Waals surface area contributed by atoms with Crippen molar-refractivity contribution in [2.24, 2.45) is 0 Å². The van der Waals surface area contributed by atoms with E-state index in [-0.39, 0.29) is 0 Å². The number of hydrogen-bond acceptors (Lipinski definition) is 1. The van der Waals surface area contributed by atoms with Crippen LogP contribution in [0.4, 0.5) is 0 Å². The van der Waals surface area contributed by atoms with Gasteiger partial charge in [0.05, 0.1) is 10.0 Å².